The molecule has 18 heteroatoms. The van der Waals surface area contributed by atoms with E-state index in [1.165, 1.54) is 0 Å². The van der Waals surface area contributed by atoms with E-state index >= 15 is 0 Å². The summed E-state index contributed by atoms with van der Waals surface area (Å²) >= 11 is 0. The molecule has 0 aliphatic rings. The molecule has 3 aromatic rings. The van der Waals surface area contributed by atoms with Crippen LogP contribution in [0.1, 0.15) is 122 Å². The van der Waals surface area contributed by atoms with Crippen LogP contribution in [0.2, 0.25) is 0 Å². The number of ether oxygens (including phenoxy) is 6. The van der Waals surface area contributed by atoms with E-state index in [4.69, 9.17) is 28.4 Å². The second-order valence-electron chi connectivity index (χ2n) is 15.2. The third kappa shape index (κ3) is 20.1. The smallest absolute Gasteiger partial charge is 0.344 e. The van der Waals surface area contributed by atoms with Gasteiger partial charge >= 0.3 is 36.0 Å². The van der Waals surface area contributed by atoms with E-state index in [0.717, 1.165) is 57.8 Å². The summed E-state index contributed by atoms with van der Waals surface area (Å²) in [7, 11) is 0. The molecule has 0 spiro atoms. The minimum atomic E-state index is -1.11. The predicted octanol–water partition coefficient (Wildman–Crippen LogP) is 8.63. The maximum atomic E-state index is 13.3. The van der Waals surface area contributed by atoms with Crippen molar-refractivity contribution >= 4 is 53.1 Å². The van der Waals surface area contributed by atoms with E-state index in [-0.39, 0.29) is 37.1 Å². The number of urea groups is 3. The summed E-state index contributed by atoms with van der Waals surface area (Å²) in [5.41, 5.74) is 1.91. The first-order valence-corrected chi connectivity index (χ1v) is 23.4. The lowest BCUT2D eigenvalue weighted by atomic mass is 9.82. The highest BCUT2D eigenvalue weighted by Gasteiger charge is 2.30. The Kier molecular flexibility index (Phi) is 25.5. The van der Waals surface area contributed by atoms with Crippen LogP contribution in [0.5, 0.6) is 17.2 Å². The number of esters is 3. The molecule has 18 nitrogen and oxygen atoms in total. The first-order chi connectivity index (χ1) is 32.5. The van der Waals surface area contributed by atoms with Crippen LogP contribution in [-0.2, 0) is 28.6 Å². The second-order valence-corrected chi connectivity index (χ2v) is 15.2. The van der Waals surface area contributed by atoms with Crippen LogP contribution < -0.4 is 46.1 Å². The molecule has 0 aromatic heterocycles. The minimum absolute atomic E-state index is 0.105. The summed E-state index contributed by atoms with van der Waals surface area (Å²) in [5.74, 6) is -2.60. The van der Waals surface area contributed by atoms with Crippen LogP contribution in [0.3, 0.4) is 0 Å². The number of hydrogen-bond acceptors (Lipinski definition) is 12. The third-order valence-electron chi connectivity index (χ3n) is 9.89. The summed E-state index contributed by atoms with van der Waals surface area (Å²) in [4.78, 5) is 78.2. The Morgan fingerprint density at radius 2 is 0.701 bits per heavy atom. The SMILES string of the molecule is CCCCCNC(=O)Nc1ccc(OCC(=O)OCC)c(C(c2cc(NC(=O)NCCCCC)ccc2OCC(=O)OCC)c2cc(NC(=O)NCCCCC)ccc2OCC(=O)OCC)c1. The fourth-order valence-electron chi connectivity index (χ4n) is 6.73. The number of carbonyl (C=O) groups excluding carboxylic acids is 6. The number of hydrogen-bond donors (Lipinski definition) is 6. The van der Waals surface area contributed by atoms with Gasteiger partial charge in [-0.05, 0) is 94.6 Å². The van der Waals surface area contributed by atoms with E-state index in [1.54, 1.807) is 75.4 Å². The van der Waals surface area contributed by atoms with Gasteiger partial charge in [0.15, 0.2) is 19.8 Å². The van der Waals surface area contributed by atoms with E-state index < -0.39 is 61.7 Å². The van der Waals surface area contributed by atoms with Crippen molar-refractivity contribution in [2.45, 2.75) is 105 Å². The molecule has 0 saturated heterocycles. The monoisotopic (exact) mass is 935 g/mol. The molecule has 0 saturated carbocycles. The summed E-state index contributed by atoms with van der Waals surface area (Å²) in [6, 6.07) is 13.0. The molecular formula is C49H70N6O12. The number of anilines is 3. The van der Waals surface area contributed by atoms with Crippen LogP contribution in [0.4, 0.5) is 31.4 Å². The molecule has 0 aliphatic heterocycles. The van der Waals surface area contributed by atoms with Crippen molar-refractivity contribution in [2.75, 3.05) is 75.2 Å². The average molecular weight is 935 g/mol. The number of nitrogens with one attached hydrogen (secondary N) is 6. The Morgan fingerprint density at radius 1 is 0.418 bits per heavy atom. The van der Waals surface area contributed by atoms with Crippen molar-refractivity contribution in [2.24, 2.45) is 0 Å². The van der Waals surface area contributed by atoms with Gasteiger partial charge in [-0.25, -0.2) is 28.8 Å². The van der Waals surface area contributed by atoms with Crippen LogP contribution in [-0.4, -0.2) is 95.3 Å². The second kappa shape index (κ2) is 31.2. The van der Waals surface area contributed by atoms with Gasteiger partial charge in [-0.15, -0.1) is 0 Å². The fourth-order valence-corrected chi connectivity index (χ4v) is 6.73. The molecule has 368 valence electrons. The highest BCUT2D eigenvalue weighted by atomic mass is 16.6. The first kappa shape index (κ1) is 54.6. The topological polar surface area (TPSA) is 230 Å². The Bertz CT molecular complexity index is 1820. The molecule has 0 bridgehead atoms. The number of rotatable bonds is 30. The van der Waals surface area contributed by atoms with Gasteiger partial charge in [0.05, 0.1) is 19.8 Å². The predicted molar refractivity (Wildman–Crippen MR) is 256 cm³/mol. The van der Waals surface area contributed by atoms with Crippen LogP contribution >= 0.6 is 0 Å². The molecule has 67 heavy (non-hydrogen) atoms. The normalized spacial score (nSPS) is 10.6. The van der Waals surface area contributed by atoms with Gasteiger partial charge < -0.3 is 60.3 Å². The summed E-state index contributed by atoms with van der Waals surface area (Å²) in [6.45, 7) is 11.3. The van der Waals surface area contributed by atoms with Gasteiger partial charge in [-0.3, -0.25) is 0 Å². The number of carbonyl (C=O) groups is 6. The van der Waals surface area contributed by atoms with Gasteiger partial charge in [0.2, 0.25) is 0 Å². The standard InChI is InChI=1S/C49H70N6O12/c1-7-13-16-25-50-47(59)53-34-19-22-40(65-31-43(56)62-10-4)37(28-34)46(38-29-35(54-48(60)51-26-17-14-8-2)20-23-41(38)66-32-44(57)63-11-5)39-30-36(55-49(61)52-27-18-15-9-3)21-24-42(39)67-33-45(58)64-12-6/h19-24,28-30,46H,7-18,25-27,31-33H2,1-6H3,(H2,50,53,59)(H2,51,54,60)(H2,52,55,61). The van der Waals surface area contributed by atoms with Gasteiger partial charge in [-0.1, -0.05) is 59.3 Å². The lowest BCUT2D eigenvalue weighted by Crippen LogP contribution is -2.30. The lowest BCUT2D eigenvalue weighted by molar-refractivity contribution is -0.146. The summed E-state index contributed by atoms with van der Waals surface area (Å²) in [6.07, 6.45) is 8.06. The molecule has 0 unspecified atom stereocenters. The summed E-state index contributed by atoms with van der Waals surface area (Å²) in [5, 5.41) is 17.3. The van der Waals surface area contributed by atoms with Gasteiger partial charge in [-0.2, -0.15) is 0 Å². The maximum absolute atomic E-state index is 13.3. The van der Waals surface area contributed by atoms with Crippen molar-refractivity contribution in [3.05, 3.63) is 71.3 Å². The van der Waals surface area contributed by atoms with E-state index in [2.05, 4.69) is 52.7 Å². The van der Waals surface area contributed by atoms with Gasteiger partial charge in [0.25, 0.3) is 0 Å². The van der Waals surface area contributed by atoms with Gasteiger partial charge in [0.1, 0.15) is 17.2 Å². The molecule has 0 heterocycles. The fraction of sp³-hybridized carbons (Fsp3) is 0.510. The highest BCUT2D eigenvalue weighted by Crippen LogP contribution is 2.47. The van der Waals surface area contributed by atoms with E-state index in [0.29, 0.717) is 53.4 Å². The molecule has 0 aliphatic carbocycles. The Hall–Kier alpha value is -6.72. The number of amides is 6. The molecule has 6 N–H and O–H groups in total. The van der Waals surface area contributed by atoms with E-state index in [9.17, 15) is 28.8 Å². The molecule has 0 radical (unpaired) electrons. The average Bonchev–Trinajstić information content (AvgIpc) is 3.30. The van der Waals surface area contributed by atoms with Crippen molar-refractivity contribution < 1.29 is 57.2 Å². The molecule has 0 atom stereocenters. The lowest BCUT2D eigenvalue weighted by Gasteiger charge is -2.27. The van der Waals surface area contributed by atoms with Crippen LogP contribution in [0.15, 0.2) is 54.6 Å². The molecule has 3 rings (SSSR count). The Morgan fingerprint density at radius 3 is 0.955 bits per heavy atom. The van der Waals surface area contributed by atoms with E-state index in [1.807, 2.05) is 0 Å². The van der Waals surface area contributed by atoms with Gasteiger partial charge in [0, 0.05) is 59.3 Å². The molecule has 0 fully saturated rings. The highest BCUT2D eigenvalue weighted by molar-refractivity contribution is 5.91. The molecule has 6 amide bonds. The van der Waals surface area contributed by atoms with Crippen molar-refractivity contribution in [3.63, 3.8) is 0 Å². The number of benzene rings is 3. The van der Waals surface area contributed by atoms with Crippen LogP contribution in [0.25, 0.3) is 0 Å². The van der Waals surface area contributed by atoms with Crippen molar-refractivity contribution in [1.29, 1.82) is 0 Å². The zero-order valence-corrected chi connectivity index (χ0v) is 39.9. The number of unbranched alkanes of at least 4 members (excludes halogenated alkanes) is 6. The minimum Gasteiger partial charge on any atom is -0.482 e. The van der Waals surface area contributed by atoms with Crippen molar-refractivity contribution in [3.8, 4) is 17.2 Å². The third-order valence-corrected chi connectivity index (χ3v) is 9.89. The first-order valence-electron chi connectivity index (χ1n) is 23.4. The largest absolute Gasteiger partial charge is 0.482 e. The maximum Gasteiger partial charge on any atom is 0.344 e. The van der Waals surface area contributed by atoms with Crippen LogP contribution in [0, 0.1) is 0 Å². The summed E-state index contributed by atoms with van der Waals surface area (Å²) < 4.78 is 34.1. The zero-order chi connectivity index (χ0) is 48.8. The van der Waals surface area contributed by atoms with Crippen molar-refractivity contribution in [1.82, 2.24) is 16.0 Å². The molecule has 3 aromatic carbocycles. The molecular weight excluding hydrogens is 865 g/mol. The Labute approximate surface area is 394 Å². The quantitative estimate of drug-likeness (QED) is 0.0160. The Balaban J connectivity index is 2.43. The zero-order valence-electron chi connectivity index (χ0n) is 39.9.